The zero-order valence-electron chi connectivity index (χ0n) is 12.6. The topological polar surface area (TPSA) is 45.2 Å². The van der Waals surface area contributed by atoms with Gasteiger partial charge in [-0.1, -0.05) is 12.1 Å². The molecule has 1 fully saturated rings. The van der Waals surface area contributed by atoms with Crippen LogP contribution in [0.4, 0.5) is 4.39 Å². The zero-order valence-corrected chi connectivity index (χ0v) is 13.4. The minimum Gasteiger partial charge on any atom is -0.328 e. The molecule has 6 heteroatoms. The van der Waals surface area contributed by atoms with Crippen LogP contribution in [-0.4, -0.2) is 35.4 Å². The van der Waals surface area contributed by atoms with E-state index in [2.05, 4.69) is 10.3 Å². The Kier molecular flexibility index (Phi) is 4.22. The first-order valence-electron chi connectivity index (χ1n) is 7.27. The number of hydrogen-bond acceptors (Lipinski definition) is 4. The van der Waals surface area contributed by atoms with Gasteiger partial charge in [-0.25, -0.2) is 9.37 Å². The molecule has 2 heterocycles. The second-order valence-corrected chi connectivity index (χ2v) is 6.62. The maximum atomic E-state index is 13.5. The van der Waals surface area contributed by atoms with Crippen molar-refractivity contribution in [2.75, 3.05) is 19.6 Å². The molecule has 0 saturated carbocycles. The molecule has 0 radical (unpaired) electrons. The van der Waals surface area contributed by atoms with E-state index in [4.69, 9.17) is 0 Å². The van der Waals surface area contributed by atoms with Crippen LogP contribution in [0.15, 0.2) is 24.3 Å². The van der Waals surface area contributed by atoms with Gasteiger partial charge in [0, 0.05) is 19.6 Å². The second kappa shape index (κ2) is 6.14. The number of aromatic nitrogens is 1. The van der Waals surface area contributed by atoms with E-state index in [1.807, 2.05) is 24.8 Å². The quantitative estimate of drug-likeness (QED) is 0.926. The average molecular weight is 319 g/mol. The van der Waals surface area contributed by atoms with Gasteiger partial charge in [0.1, 0.15) is 10.7 Å². The summed E-state index contributed by atoms with van der Waals surface area (Å²) in [5.74, 6) is -0.292. The number of nitrogens with zero attached hydrogens (tertiary/aromatic N) is 2. The van der Waals surface area contributed by atoms with Crippen LogP contribution < -0.4 is 5.32 Å². The molecule has 1 aliphatic rings. The van der Waals surface area contributed by atoms with Gasteiger partial charge in [-0.3, -0.25) is 4.79 Å². The molecular formula is C16H18FN3OS. The van der Waals surface area contributed by atoms with Gasteiger partial charge in [0.05, 0.1) is 16.7 Å². The molecular weight excluding hydrogens is 301 g/mol. The number of amides is 1. The minimum absolute atomic E-state index is 0.0149. The average Bonchev–Trinajstić information content (AvgIpc) is 2.85. The number of rotatable bonds is 2. The summed E-state index contributed by atoms with van der Waals surface area (Å²) in [4.78, 5) is 19.7. The molecule has 0 aliphatic carbocycles. The van der Waals surface area contributed by atoms with Crippen molar-refractivity contribution in [3.05, 3.63) is 51.2 Å². The number of hydrogen-bond donors (Lipinski definition) is 1. The Morgan fingerprint density at radius 2 is 2.27 bits per heavy atom. The summed E-state index contributed by atoms with van der Waals surface area (Å²) >= 11 is 1.42. The third kappa shape index (κ3) is 2.89. The molecule has 0 spiro atoms. The van der Waals surface area contributed by atoms with E-state index in [0.29, 0.717) is 18.0 Å². The molecule has 0 bridgehead atoms. The molecule has 1 unspecified atom stereocenters. The van der Waals surface area contributed by atoms with E-state index in [-0.39, 0.29) is 17.8 Å². The largest absolute Gasteiger partial charge is 0.328 e. The molecule has 1 aromatic heterocycles. The van der Waals surface area contributed by atoms with Crippen LogP contribution in [0.2, 0.25) is 0 Å². The normalized spacial score (nSPS) is 18.5. The molecule has 3 rings (SSSR count). The second-order valence-electron chi connectivity index (χ2n) is 5.42. The van der Waals surface area contributed by atoms with Gasteiger partial charge in [-0.05, 0) is 31.5 Å². The Hall–Kier alpha value is -1.79. The highest BCUT2D eigenvalue weighted by atomic mass is 32.1. The smallest absolute Gasteiger partial charge is 0.266 e. The Bertz CT molecular complexity index is 700. The summed E-state index contributed by atoms with van der Waals surface area (Å²) in [6.45, 7) is 5.74. The number of carbonyl (C=O) groups excluding carboxylic acids is 1. The summed E-state index contributed by atoms with van der Waals surface area (Å²) in [5, 5.41) is 4.17. The molecule has 1 aliphatic heterocycles. The highest BCUT2D eigenvalue weighted by Crippen LogP contribution is 2.27. The van der Waals surface area contributed by atoms with E-state index < -0.39 is 0 Å². The fraction of sp³-hybridized carbons (Fsp3) is 0.375. The van der Waals surface area contributed by atoms with Gasteiger partial charge in [0.2, 0.25) is 0 Å². The first-order valence-corrected chi connectivity index (χ1v) is 8.09. The monoisotopic (exact) mass is 319 g/mol. The Morgan fingerprint density at radius 1 is 1.45 bits per heavy atom. The van der Waals surface area contributed by atoms with Crippen molar-refractivity contribution in [3.63, 3.8) is 0 Å². The maximum absolute atomic E-state index is 13.5. The van der Waals surface area contributed by atoms with E-state index in [9.17, 15) is 9.18 Å². The minimum atomic E-state index is -0.278. The lowest BCUT2D eigenvalue weighted by Crippen LogP contribution is -2.48. The summed E-state index contributed by atoms with van der Waals surface area (Å²) in [7, 11) is 0. The molecule has 1 amide bonds. The van der Waals surface area contributed by atoms with Gasteiger partial charge in [-0.15, -0.1) is 11.3 Å². The van der Waals surface area contributed by atoms with Crippen LogP contribution in [0.5, 0.6) is 0 Å². The van der Waals surface area contributed by atoms with Crippen molar-refractivity contribution in [1.82, 2.24) is 15.2 Å². The van der Waals surface area contributed by atoms with Crippen molar-refractivity contribution in [1.29, 1.82) is 0 Å². The summed E-state index contributed by atoms with van der Waals surface area (Å²) in [6.07, 6.45) is 0. The summed E-state index contributed by atoms with van der Waals surface area (Å²) < 4.78 is 13.5. The number of thiazole rings is 1. The van der Waals surface area contributed by atoms with Crippen LogP contribution >= 0.6 is 11.3 Å². The van der Waals surface area contributed by atoms with Crippen LogP contribution in [-0.2, 0) is 0 Å². The number of carbonyl (C=O) groups is 1. The zero-order chi connectivity index (χ0) is 15.7. The number of piperazine rings is 1. The van der Waals surface area contributed by atoms with Gasteiger partial charge < -0.3 is 10.2 Å². The van der Waals surface area contributed by atoms with Gasteiger partial charge in [-0.2, -0.15) is 0 Å². The Balaban J connectivity index is 1.92. The molecule has 1 atom stereocenters. The highest BCUT2D eigenvalue weighted by Gasteiger charge is 2.30. The molecule has 1 saturated heterocycles. The molecule has 1 aromatic carbocycles. The van der Waals surface area contributed by atoms with Crippen molar-refractivity contribution in [2.45, 2.75) is 19.9 Å². The van der Waals surface area contributed by atoms with Gasteiger partial charge >= 0.3 is 0 Å². The molecule has 22 heavy (non-hydrogen) atoms. The van der Waals surface area contributed by atoms with E-state index in [0.717, 1.165) is 22.8 Å². The third-order valence-electron chi connectivity index (χ3n) is 3.84. The fourth-order valence-corrected chi connectivity index (χ4v) is 3.70. The third-order valence-corrected chi connectivity index (χ3v) is 4.90. The Morgan fingerprint density at radius 3 is 2.95 bits per heavy atom. The number of nitrogens with one attached hydrogen (secondary N) is 1. The van der Waals surface area contributed by atoms with E-state index in [1.165, 1.54) is 23.5 Å². The molecule has 1 N–H and O–H groups in total. The van der Waals surface area contributed by atoms with Gasteiger partial charge in [0.15, 0.2) is 0 Å². The lowest BCUT2D eigenvalue weighted by Gasteiger charge is -2.36. The van der Waals surface area contributed by atoms with Crippen molar-refractivity contribution >= 4 is 17.2 Å². The summed E-state index contributed by atoms with van der Waals surface area (Å²) in [5.41, 5.74) is 1.59. The lowest BCUT2D eigenvalue weighted by molar-refractivity contribution is 0.0638. The van der Waals surface area contributed by atoms with Crippen LogP contribution in [0.3, 0.4) is 0 Å². The van der Waals surface area contributed by atoms with Crippen LogP contribution in [0.1, 0.15) is 32.0 Å². The van der Waals surface area contributed by atoms with E-state index >= 15 is 0 Å². The van der Waals surface area contributed by atoms with E-state index in [1.54, 1.807) is 6.07 Å². The lowest BCUT2D eigenvalue weighted by atomic mass is 10.0. The summed E-state index contributed by atoms with van der Waals surface area (Å²) in [6, 6.07) is 6.32. The molecule has 4 nitrogen and oxygen atoms in total. The fourth-order valence-electron chi connectivity index (χ4n) is 2.82. The standard InChI is InChI=1S/C16H18FN3OS/c1-10-15(22-11(2)19-10)16(21)20-7-6-18-9-14(20)12-4-3-5-13(17)8-12/h3-5,8,14,18H,6-7,9H2,1-2H3. The first kappa shape index (κ1) is 15.1. The van der Waals surface area contributed by atoms with Crippen molar-refractivity contribution in [3.8, 4) is 0 Å². The molecule has 2 aromatic rings. The number of benzene rings is 1. The van der Waals surface area contributed by atoms with Crippen molar-refractivity contribution in [2.24, 2.45) is 0 Å². The molecule has 116 valence electrons. The van der Waals surface area contributed by atoms with Crippen LogP contribution in [0.25, 0.3) is 0 Å². The number of halogens is 1. The first-order chi connectivity index (χ1) is 10.6. The Labute approximate surface area is 133 Å². The van der Waals surface area contributed by atoms with Gasteiger partial charge in [0.25, 0.3) is 5.91 Å². The maximum Gasteiger partial charge on any atom is 0.266 e. The highest BCUT2D eigenvalue weighted by molar-refractivity contribution is 7.13. The SMILES string of the molecule is Cc1nc(C)c(C(=O)N2CCNCC2c2cccc(F)c2)s1. The van der Waals surface area contributed by atoms with Crippen LogP contribution in [0, 0.1) is 19.7 Å². The predicted molar refractivity (Wildman–Crippen MR) is 84.6 cm³/mol. The predicted octanol–water partition coefficient (Wildman–Crippen LogP) is 2.69. The number of aryl methyl sites for hydroxylation is 2. The van der Waals surface area contributed by atoms with Crippen molar-refractivity contribution < 1.29 is 9.18 Å².